The van der Waals surface area contributed by atoms with Crippen LogP contribution in [0.3, 0.4) is 0 Å². The summed E-state index contributed by atoms with van der Waals surface area (Å²) in [6.45, 7) is 1.45. The lowest BCUT2D eigenvalue weighted by Crippen LogP contribution is -2.55. The van der Waals surface area contributed by atoms with E-state index in [9.17, 15) is 9.18 Å². The van der Waals surface area contributed by atoms with Crippen LogP contribution in [0, 0.1) is 5.82 Å². The van der Waals surface area contributed by atoms with Crippen molar-refractivity contribution in [3.05, 3.63) is 35.6 Å². The van der Waals surface area contributed by atoms with Crippen molar-refractivity contribution < 1.29 is 14.3 Å². The molecule has 1 aliphatic rings. The summed E-state index contributed by atoms with van der Waals surface area (Å²) in [6, 6.07) is 6.25. The van der Waals surface area contributed by atoms with Crippen molar-refractivity contribution in [2.45, 2.75) is 30.7 Å². The maximum Gasteiger partial charge on any atom is 0.324 e. The second-order valence-electron chi connectivity index (χ2n) is 4.57. The molecule has 3 N–H and O–H groups in total. The van der Waals surface area contributed by atoms with Gasteiger partial charge in [0.15, 0.2) is 0 Å². The second-order valence-corrected chi connectivity index (χ2v) is 4.57. The van der Waals surface area contributed by atoms with Crippen LogP contribution in [0.5, 0.6) is 0 Å². The van der Waals surface area contributed by atoms with Gasteiger partial charge < -0.3 is 10.8 Å². The van der Waals surface area contributed by atoms with Crippen molar-refractivity contribution in [2.75, 3.05) is 0 Å². The van der Waals surface area contributed by atoms with Crippen LogP contribution in [-0.2, 0) is 10.2 Å². The summed E-state index contributed by atoms with van der Waals surface area (Å²) < 4.78 is 13.7. The molecule has 1 fully saturated rings. The summed E-state index contributed by atoms with van der Waals surface area (Å²) in [5.41, 5.74) is 4.09. The lowest BCUT2D eigenvalue weighted by Gasteiger charge is -2.31. The molecule has 0 spiro atoms. The average molecular weight is 223 g/mol. The molecule has 3 nitrogen and oxygen atoms in total. The van der Waals surface area contributed by atoms with Gasteiger partial charge in [0, 0.05) is 5.41 Å². The standard InChI is InChI=1S/C12H14FNO2/c1-11(14,10(15)16)12(6-7-12)8-4-2-3-5-9(8)13/h2-5H,6-7,14H2,1H3,(H,15,16). The molecule has 0 heterocycles. The molecular weight excluding hydrogens is 209 g/mol. The molecule has 1 aromatic rings. The number of benzene rings is 1. The Morgan fingerprint density at radius 1 is 1.50 bits per heavy atom. The van der Waals surface area contributed by atoms with Crippen LogP contribution in [-0.4, -0.2) is 16.6 Å². The van der Waals surface area contributed by atoms with Crippen molar-refractivity contribution in [3.8, 4) is 0 Å². The molecule has 0 aromatic heterocycles. The highest BCUT2D eigenvalue weighted by Crippen LogP contribution is 2.55. The van der Waals surface area contributed by atoms with Gasteiger partial charge in [-0.3, -0.25) is 4.79 Å². The van der Waals surface area contributed by atoms with Crippen LogP contribution in [0.1, 0.15) is 25.3 Å². The molecule has 0 aliphatic heterocycles. The van der Waals surface area contributed by atoms with Gasteiger partial charge in [0.25, 0.3) is 0 Å². The van der Waals surface area contributed by atoms with E-state index in [0.29, 0.717) is 18.4 Å². The molecule has 1 aromatic carbocycles. The van der Waals surface area contributed by atoms with Crippen molar-refractivity contribution in [2.24, 2.45) is 5.73 Å². The van der Waals surface area contributed by atoms with Gasteiger partial charge >= 0.3 is 5.97 Å². The first-order chi connectivity index (χ1) is 7.42. The molecule has 2 rings (SSSR count). The summed E-state index contributed by atoms with van der Waals surface area (Å²) in [5.74, 6) is -1.47. The highest BCUT2D eigenvalue weighted by molar-refractivity contribution is 5.82. The molecule has 0 radical (unpaired) electrons. The number of halogens is 1. The molecule has 0 saturated heterocycles. The summed E-state index contributed by atoms with van der Waals surface area (Å²) in [4.78, 5) is 11.1. The van der Waals surface area contributed by atoms with E-state index in [1.807, 2.05) is 0 Å². The lowest BCUT2D eigenvalue weighted by atomic mass is 9.77. The fraction of sp³-hybridized carbons (Fsp3) is 0.417. The summed E-state index contributed by atoms with van der Waals surface area (Å²) >= 11 is 0. The number of hydrogen-bond donors (Lipinski definition) is 2. The predicted molar refractivity (Wildman–Crippen MR) is 57.5 cm³/mol. The van der Waals surface area contributed by atoms with E-state index in [0.717, 1.165) is 0 Å². The smallest absolute Gasteiger partial charge is 0.324 e. The maximum atomic E-state index is 13.7. The second kappa shape index (κ2) is 3.28. The van der Waals surface area contributed by atoms with Crippen LogP contribution in [0.2, 0.25) is 0 Å². The Hall–Kier alpha value is -1.42. The topological polar surface area (TPSA) is 63.3 Å². The Bertz CT molecular complexity index is 438. The van der Waals surface area contributed by atoms with E-state index in [-0.39, 0.29) is 5.82 Å². The first kappa shape index (κ1) is 11.1. The first-order valence-electron chi connectivity index (χ1n) is 5.19. The minimum atomic E-state index is -1.42. The SMILES string of the molecule is CC(N)(C(=O)O)C1(c2ccccc2F)CC1. The van der Waals surface area contributed by atoms with E-state index in [1.54, 1.807) is 18.2 Å². The molecule has 16 heavy (non-hydrogen) atoms. The third kappa shape index (κ3) is 1.33. The number of rotatable bonds is 3. The number of aliphatic carboxylic acids is 1. The fourth-order valence-corrected chi connectivity index (χ4v) is 2.25. The van der Waals surface area contributed by atoms with Crippen molar-refractivity contribution in [1.82, 2.24) is 0 Å². The quantitative estimate of drug-likeness (QED) is 0.819. The van der Waals surface area contributed by atoms with Crippen molar-refractivity contribution in [3.63, 3.8) is 0 Å². The molecule has 1 atom stereocenters. The third-order valence-corrected chi connectivity index (χ3v) is 3.58. The van der Waals surface area contributed by atoms with E-state index in [1.165, 1.54) is 13.0 Å². The van der Waals surface area contributed by atoms with E-state index in [4.69, 9.17) is 10.8 Å². The van der Waals surface area contributed by atoms with Gasteiger partial charge in [-0.25, -0.2) is 4.39 Å². The summed E-state index contributed by atoms with van der Waals surface area (Å²) in [6.07, 6.45) is 1.24. The summed E-state index contributed by atoms with van der Waals surface area (Å²) in [7, 11) is 0. The molecule has 86 valence electrons. The Morgan fingerprint density at radius 3 is 2.50 bits per heavy atom. The fourth-order valence-electron chi connectivity index (χ4n) is 2.25. The van der Waals surface area contributed by atoms with E-state index < -0.39 is 16.9 Å². The van der Waals surface area contributed by atoms with Crippen LogP contribution in [0.15, 0.2) is 24.3 Å². The lowest BCUT2D eigenvalue weighted by molar-refractivity contribution is -0.144. The monoisotopic (exact) mass is 223 g/mol. The number of hydrogen-bond acceptors (Lipinski definition) is 2. The number of nitrogens with two attached hydrogens (primary N) is 1. The Morgan fingerprint density at radius 2 is 2.06 bits per heavy atom. The molecular formula is C12H14FNO2. The zero-order chi connectivity index (χ0) is 12.0. The van der Waals surface area contributed by atoms with Gasteiger partial charge in [-0.2, -0.15) is 0 Å². The zero-order valence-corrected chi connectivity index (χ0v) is 9.03. The van der Waals surface area contributed by atoms with Gasteiger partial charge in [0.1, 0.15) is 11.4 Å². The molecule has 0 amide bonds. The maximum absolute atomic E-state index is 13.7. The van der Waals surface area contributed by atoms with Crippen LogP contribution < -0.4 is 5.73 Å². The van der Waals surface area contributed by atoms with E-state index >= 15 is 0 Å². The number of carbonyl (C=O) groups is 1. The van der Waals surface area contributed by atoms with Crippen molar-refractivity contribution in [1.29, 1.82) is 0 Å². The Kier molecular flexibility index (Phi) is 2.27. The predicted octanol–water partition coefficient (Wildman–Crippen LogP) is 1.66. The third-order valence-electron chi connectivity index (χ3n) is 3.58. The van der Waals surface area contributed by atoms with Crippen molar-refractivity contribution >= 4 is 5.97 Å². The van der Waals surface area contributed by atoms with E-state index in [2.05, 4.69) is 0 Å². The first-order valence-corrected chi connectivity index (χ1v) is 5.19. The molecule has 1 saturated carbocycles. The minimum absolute atomic E-state index is 0.377. The zero-order valence-electron chi connectivity index (χ0n) is 9.03. The van der Waals surface area contributed by atoms with Gasteiger partial charge in [0.2, 0.25) is 0 Å². The average Bonchev–Trinajstić information content (AvgIpc) is 2.99. The molecule has 4 heteroatoms. The van der Waals surface area contributed by atoms with Crippen LogP contribution >= 0.6 is 0 Å². The molecule has 1 unspecified atom stereocenters. The Balaban J connectivity index is 2.49. The number of carboxylic acids is 1. The molecule has 1 aliphatic carbocycles. The minimum Gasteiger partial charge on any atom is -0.480 e. The van der Waals surface area contributed by atoms with Gasteiger partial charge in [-0.05, 0) is 31.4 Å². The summed E-state index contributed by atoms with van der Waals surface area (Å²) in [5, 5.41) is 9.12. The van der Waals surface area contributed by atoms with Crippen LogP contribution in [0.4, 0.5) is 4.39 Å². The molecule has 0 bridgehead atoms. The van der Waals surface area contributed by atoms with Gasteiger partial charge in [0.05, 0.1) is 0 Å². The Labute approximate surface area is 93.1 Å². The van der Waals surface area contributed by atoms with Gasteiger partial charge in [-0.15, -0.1) is 0 Å². The van der Waals surface area contributed by atoms with Crippen LogP contribution in [0.25, 0.3) is 0 Å². The highest BCUT2D eigenvalue weighted by Gasteiger charge is 2.61. The highest BCUT2D eigenvalue weighted by atomic mass is 19.1. The van der Waals surface area contributed by atoms with Gasteiger partial charge in [-0.1, -0.05) is 18.2 Å². The number of carboxylic acid groups (broad SMARTS) is 1. The largest absolute Gasteiger partial charge is 0.480 e. The normalized spacial score (nSPS) is 21.2.